The fraction of sp³-hybridized carbons (Fsp3) is 0.360. The molecule has 4 rings (SSSR count). The Morgan fingerprint density at radius 1 is 1.12 bits per heavy atom. The third-order valence-corrected chi connectivity index (χ3v) is 7.09. The number of fused-ring (bicyclic) bond motifs is 2. The van der Waals surface area contributed by atoms with E-state index in [0.29, 0.717) is 37.4 Å². The van der Waals surface area contributed by atoms with Gasteiger partial charge in [-0.3, -0.25) is 9.59 Å². The van der Waals surface area contributed by atoms with Crippen molar-refractivity contribution in [2.24, 2.45) is 0 Å². The van der Waals surface area contributed by atoms with Crippen molar-refractivity contribution in [1.82, 2.24) is 4.90 Å². The van der Waals surface area contributed by atoms with Gasteiger partial charge in [-0.05, 0) is 60.1 Å². The number of likely N-dealkylation sites (tertiary alicyclic amines) is 1. The van der Waals surface area contributed by atoms with Crippen molar-refractivity contribution in [2.45, 2.75) is 43.2 Å². The Hall–Kier alpha value is -2.80. The molecular formula is C25H23ClF3NO3. The molecule has 0 radical (unpaired) electrons. The molecule has 1 unspecified atom stereocenters. The second kappa shape index (κ2) is 8.86. The first-order valence-corrected chi connectivity index (χ1v) is 11.1. The number of carbonyl (C=O) groups excluding carboxylic acids is 1. The SMILES string of the molecule is O=C(O)CC1CC2(CCN(C(=O)C=Cc3ccccc3C(F)(F)F)CC2)c2c(Cl)cccc21. The summed E-state index contributed by atoms with van der Waals surface area (Å²) in [6.07, 6.45) is -0.167. The minimum absolute atomic E-state index is 0.0269. The highest BCUT2D eigenvalue weighted by molar-refractivity contribution is 6.31. The van der Waals surface area contributed by atoms with Crippen LogP contribution in [-0.2, 0) is 21.2 Å². The molecule has 1 amide bonds. The van der Waals surface area contributed by atoms with E-state index in [1.54, 1.807) is 4.90 Å². The van der Waals surface area contributed by atoms with Gasteiger partial charge in [0.15, 0.2) is 0 Å². The van der Waals surface area contributed by atoms with Gasteiger partial charge in [0.2, 0.25) is 5.91 Å². The van der Waals surface area contributed by atoms with Gasteiger partial charge in [0.25, 0.3) is 0 Å². The molecule has 0 saturated carbocycles. The zero-order chi connectivity index (χ0) is 23.8. The first-order valence-electron chi connectivity index (χ1n) is 10.7. The largest absolute Gasteiger partial charge is 0.481 e. The van der Waals surface area contributed by atoms with E-state index in [1.807, 2.05) is 18.2 Å². The lowest BCUT2D eigenvalue weighted by atomic mass is 9.73. The third kappa shape index (κ3) is 4.64. The molecular weight excluding hydrogens is 455 g/mol. The van der Waals surface area contributed by atoms with Crippen LogP contribution >= 0.6 is 11.6 Å². The number of piperidine rings is 1. The summed E-state index contributed by atoms with van der Waals surface area (Å²) >= 11 is 6.53. The molecule has 1 saturated heterocycles. The number of rotatable bonds is 4. The number of nitrogens with zero attached hydrogens (tertiary/aromatic N) is 1. The maximum atomic E-state index is 13.2. The van der Waals surface area contributed by atoms with Gasteiger partial charge in [0.05, 0.1) is 12.0 Å². The van der Waals surface area contributed by atoms with Crippen LogP contribution in [-0.4, -0.2) is 35.0 Å². The fourth-order valence-electron chi connectivity index (χ4n) is 5.29. The molecule has 2 aromatic rings. The normalized spacial score (nSPS) is 19.8. The van der Waals surface area contributed by atoms with Gasteiger partial charge in [-0.2, -0.15) is 13.2 Å². The Bertz CT molecular complexity index is 1100. The van der Waals surface area contributed by atoms with Gasteiger partial charge >= 0.3 is 12.1 Å². The number of hydrogen-bond donors (Lipinski definition) is 1. The maximum absolute atomic E-state index is 13.2. The number of halogens is 4. The van der Waals surface area contributed by atoms with Crippen molar-refractivity contribution >= 4 is 29.6 Å². The van der Waals surface area contributed by atoms with E-state index in [0.717, 1.165) is 17.2 Å². The Labute approximate surface area is 194 Å². The minimum atomic E-state index is -4.50. The van der Waals surface area contributed by atoms with Crippen LogP contribution in [0.4, 0.5) is 13.2 Å². The highest BCUT2D eigenvalue weighted by atomic mass is 35.5. The van der Waals surface area contributed by atoms with Crippen LogP contribution in [0.2, 0.25) is 5.02 Å². The number of carbonyl (C=O) groups is 2. The van der Waals surface area contributed by atoms with Gasteiger partial charge < -0.3 is 10.0 Å². The Morgan fingerprint density at radius 2 is 1.82 bits per heavy atom. The molecule has 1 heterocycles. The van der Waals surface area contributed by atoms with Crippen LogP contribution < -0.4 is 0 Å². The quantitative estimate of drug-likeness (QED) is 0.558. The van der Waals surface area contributed by atoms with E-state index in [4.69, 9.17) is 11.6 Å². The van der Waals surface area contributed by atoms with E-state index in [2.05, 4.69) is 0 Å². The van der Waals surface area contributed by atoms with Gasteiger partial charge in [0.1, 0.15) is 0 Å². The van der Waals surface area contributed by atoms with E-state index >= 15 is 0 Å². The smallest absolute Gasteiger partial charge is 0.416 e. The number of benzene rings is 2. The zero-order valence-electron chi connectivity index (χ0n) is 17.7. The first-order chi connectivity index (χ1) is 15.6. The topological polar surface area (TPSA) is 57.6 Å². The monoisotopic (exact) mass is 477 g/mol. The molecule has 1 aliphatic carbocycles. The summed E-state index contributed by atoms with van der Waals surface area (Å²) in [6.45, 7) is 0.850. The number of aliphatic carboxylic acids is 1. The standard InChI is InChI=1S/C25H23ClF3NO3/c26-20-7-3-5-18-17(14-22(32)33)15-24(23(18)20)10-12-30(13-11-24)21(31)9-8-16-4-1-2-6-19(16)25(27,28)29/h1-9,17H,10-15H2,(H,32,33). The highest BCUT2D eigenvalue weighted by Gasteiger charge is 2.47. The van der Waals surface area contributed by atoms with E-state index in [9.17, 15) is 27.9 Å². The van der Waals surface area contributed by atoms with Crippen LogP contribution in [0.15, 0.2) is 48.5 Å². The molecule has 1 aliphatic heterocycles. The van der Waals surface area contributed by atoms with Gasteiger partial charge in [-0.1, -0.05) is 41.9 Å². The molecule has 174 valence electrons. The molecule has 1 atom stereocenters. The second-order valence-electron chi connectivity index (χ2n) is 8.73. The molecule has 2 aliphatic rings. The fourth-order valence-corrected chi connectivity index (χ4v) is 5.68. The highest BCUT2D eigenvalue weighted by Crippen LogP contribution is 2.55. The number of carboxylic acid groups (broad SMARTS) is 1. The first kappa shape index (κ1) is 23.4. The summed E-state index contributed by atoms with van der Waals surface area (Å²) < 4.78 is 39.6. The van der Waals surface area contributed by atoms with Crippen molar-refractivity contribution in [3.8, 4) is 0 Å². The van der Waals surface area contributed by atoms with Crippen LogP contribution in [0.25, 0.3) is 6.08 Å². The van der Waals surface area contributed by atoms with Crippen LogP contribution in [0, 0.1) is 0 Å². The molecule has 2 aromatic carbocycles. The average Bonchev–Trinajstić information content (AvgIpc) is 3.05. The average molecular weight is 478 g/mol. The Morgan fingerprint density at radius 3 is 2.48 bits per heavy atom. The Balaban J connectivity index is 1.49. The van der Waals surface area contributed by atoms with Crippen LogP contribution in [0.3, 0.4) is 0 Å². The van der Waals surface area contributed by atoms with E-state index < -0.39 is 17.7 Å². The molecule has 0 aromatic heterocycles. The third-order valence-electron chi connectivity index (χ3n) is 6.78. The minimum Gasteiger partial charge on any atom is -0.481 e. The predicted molar refractivity (Wildman–Crippen MR) is 119 cm³/mol. The lowest BCUT2D eigenvalue weighted by Crippen LogP contribution is -2.44. The molecule has 8 heteroatoms. The number of amides is 1. The van der Waals surface area contributed by atoms with Crippen LogP contribution in [0.1, 0.15) is 53.9 Å². The number of carboxylic acids is 1. The van der Waals surface area contributed by atoms with Gasteiger partial charge in [0, 0.05) is 29.6 Å². The summed E-state index contributed by atoms with van der Waals surface area (Å²) in [5.74, 6) is -1.33. The summed E-state index contributed by atoms with van der Waals surface area (Å²) in [5, 5.41) is 9.94. The lowest BCUT2D eigenvalue weighted by molar-refractivity contribution is -0.138. The maximum Gasteiger partial charge on any atom is 0.416 e. The summed E-state index contributed by atoms with van der Waals surface area (Å²) in [5.41, 5.74) is 0.818. The van der Waals surface area contributed by atoms with Crippen molar-refractivity contribution in [3.63, 3.8) is 0 Å². The Kier molecular flexibility index (Phi) is 6.27. The van der Waals surface area contributed by atoms with Crippen molar-refractivity contribution in [3.05, 3.63) is 75.8 Å². The molecule has 1 spiro atoms. The predicted octanol–water partition coefficient (Wildman–Crippen LogP) is 5.89. The lowest BCUT2D eigenvalue weighted by Gasteiger charge is -2.40. The van der Waals surface area contributed by atoms with Gasteiger partial charge in [-0.15, -0.1) is 0 Å². The van der Waals surface area contributed by atoms with E-state index in [-0.39, 0.29) is 29.2 Å². The van der Waals surface area contributed by atoms with Gasteiger partial charge in [-0.25, -0.2) is 0 Å². The van der Waals surface area contributed by atoms with Crippen molar-refractivity contribution < 1.29 is 27.9 Å². The molecule has 33 heavy (non-hydrogen) atoms. The van der Waals surface area contributed by atoms with E-state index in [1.165, 1.54) is 30.4 Å². The number of hydrogen-bond acceptors (Lipinski definition) is 2. The zero-order valence-corrected chi connectivity index (χ0v) is 18.5. The van der Waals surface area contributed by atoms with Crippen molar-refractivity contribution in [1.29, 1.82) is 0 Å². The molecule has 1 N–H and O–H groups in total. The summed E-state index contributed by atoms with van der Waals surface area (Å²) in [7, 11) is 0. The van der Waals surface area contributed by atoms with Crippen molar-refractivity contribution in [2.75, 3.05) is 13.1 Å². The molecule has 1 fully saturated rings. The molecule has 0 bridgehead atoms. The number of alkyl halides is 3. The summed E-state index contributed by atoms with van der Waals surface area (Å²) in [6, 6.07) is 10.7. The summed E-state index contributed by atoms with van der Waals surface area (Å²) in [4.78, 5) is 25.7. The van der Waals surface area contributed by atoms with Crippen LogP contribution in [0.5, 0.6) is 0 Å². The second-order valence-corrected chi connectivity index (χ2v) is 9.13. The molecule has 4 nitrogen and oxygen atoms in total.